The van der Waals surface area contributed by atoms with E-state index in [2.05, 4.69) is 33.1 Å². The van der Waals surface area contributed by atoms with E-state index in [0.717, 1.165) is 9.87 Å². The van der Waals surface area contributed by atoms with Gasteiger partial charge in [-0.1, -0.05) is 102 Å². The molecule has 1 aromatic heterocycles. The van der Waals surface area contributed by atoms with E-state index in [1.54, 1.807) is 18.3 Å². The Labute approximate surface area is 301 Å². The molecule has 0 saturated carbocycles. The summed E-state index contributed by atoms with van der Waals surface area (Å²) in [6.45, 7) is 13.4. The second kappa shape index (κ2) is 32.8. The Kier molecular flexibility index (Phi) is 35.4. The molecule has 2 rings (SSSR count). The molecule has 0 atom stereocenters. The number of halogens is 1. The smallest absolute Gasteiger partial charge is 0.679 e. The molecule has 0 bridgehead atoms. The van der Waals surface area contributed by atoms with Gasteiger partial charge in [0.05, 0.1) is 27.7 Å². The number of hydrogen-bond donors (Lipinski definition) is 1. The number of aromatic nitrogens is 1. The summed E-state index contributed by atoms with van der Waals surface area (Å²) in [6.07, 6.45) is 22.0. The van der Waals surface area contributed by atoms with Gasteiger partial charge >= 0.3 is 9.05 Å². The zero-order chi connectivity index (χ0) is 32.9. The molecule has 7 nitrogen and oxygen atoms in total. The zero-order valence-electron chi connectivity index (χ0n) is 30.6. The van der Waals surface area contributed by atoms with Gasteiger partial charge in [-0.2, -0.15) is 0 Å². The van der Waals surface area contributed by atoms with Crippen molar-refractivity contribution in [2.24, 2.45) is 0 Å². The van der Waals surface area contributed by atoms with Crippen LogP contribution >= 0.6 is 0 Å². The summed E-state index contributed by atoms with van der Waals surface area (Å²) in [5.41, 5.74) is 0.662. The van der Waals surface area contributed by atoms with Crippen LogP contribution in [0.1, 0.15) is 125 Å². The van der Waals surface area contributed by atoms with Crippen LogP contribution in [0.5, 0.6) is 5.75 Å². The Morgan fingerprint density at radius 3 is 1.37 bits per heavy atom. The number of nitrogens with zero attached hydrogens (tertiary/aromatic N) is 2. The van der Waals surface area contributed by atoms with Crippen LogP contribution < -0.4 is 12.4 Å². The van der Waals surface area contributed by atoms with Crippen LogP contribution in [0.2, 0.25) is 0 Å². The number of para-hydroxylation sites is 1. The predicted molar refractivity (Wildman–Crippen MR) is 189 cm³/mol. The first-order valence-electron chi connectivity index (χ1n) is 17.6. The van der Waals surface area contributed by atoms with Crippen LogP contribution in [-0.2, 0) is 34.5 Å². The van der Waals surface area contributed by atoms with E-state index in [4.69, 9.17) is 17.7 Å². The van der Waals surface area contributed by atoms with Crippen LogP contribution in [0.15, 0.2) is 36.5 Å². The summed E-state index contributed by atoms with van der Waals surface area (Å²) in [4.78, 5) is 4.03. The van der Waals surface area contributed by atoms with Crippen molar-refractivity contribution in [3.05, 3.63) is 36.5 Å². The normalized spacial score (nSPS) is 11.0. The van der Waals surface area contributed by atoms with Crippen molar-refractivity contribution in [2.75, 3.05) is 54.1 Å². The molecule has 10 heteroatoms. The maximum atomic E-state index is 9.31. The van der Waals surface area contributed by atoms with Gasteiger partial charge in [0.15, 0.2) is 0 Å². The standard InChI is InChI=1S/C19H42N.C9H7NO.C8H20O4Si.ClH.Co/c1-5-6-7-8-9-10-11-12-13-14-15-16-17-18-19-20(2,3)4;11-8-5-1-3-7-4-2-6-10-9(7)8;1-5-9-13(10-6-2,11-7-3)12-8-4;;/h5-19H2,1-4H3;1-6,11H;5-8H2,1-4H3;1H;/q+1;;;;/p-1. The molecule has 1 aromatic carbocycles. The van der Waals surface area contributed by atoms with Crippen molar-refractivity contribution in [3.63, 3.8) is 0 Å². The van der Waals surface area contributed by atoms with Gasteiger partial charge in [-0.25, -0.2) is 0 Å². The quantitative estimate of drug-likeness (QED) is 0.0782. The van der Waals surface area contributed by atoms with Gasteiger partial charge in [0, 0.05) is 54.8 Å². The molecule has 0 saturated heterocycles. The predicted octanol–water partition coefficient (Wildman–Crippen LogP) is 6.68. The van der Waals surface area contributed by atoms with Crippen LogP contribution in [0, 0.1) is 0 Å². The summed E-state index contributed by atoms with van der Waals surface area (Å²) < 4.78 is 22.8. The fraction of sp³-hybridized carbons (Fsp3) is 0.750. The number of rotatable bonds is 23. The third-order valence-electron chi connectivity index (χ3n) is 7.08. The molecule has 1 N–H and O–H groups in total. The minimum absolute atomic E-state index is 0. The molecule has 273 valence electrons. The van der Waals surface area contributed by atoms with Crippen molar-refractivity contribution in [3.8, 4) is 5.75 Å². The fourth-order valence-electron chi connectivity index (χ4n) is 4.83. The Morgan fingerprint density at radius 2 is 1.00 bits per heavy atom. The number of benzene rings is 1. The summed E-state index contributed by atoms with van der Waals surface area (Å²) in [5, 5.41) is 10.3. The fourth-order valence-corrected chi connectivity index (χ4v) is 6.74. The molecule has 46 heavy (non-hydrogen) atoms. The van der Waals surface area contributed by atoms with E-state index >= 15 is 0 Å². The van der Waals surface area contributed by atoms with Crippen LogP contribution in [0.25, 0.3) is 10.9 Å². The Morgan fingerprint density at radius 1 is 0.609 bits per heavy atom. The summed E-state index contributed by atoms with van der Waals surface area (Å²) in [6, 6.07) is 9.13. The molecule has 0 unspecified atom stereocenters. The first kappa shape index (κ1) is 49.6. The number of phenolic OH excluding ortho intramolecular Hbond substituents is 1. The van der Waals surface area contributed by atoms with Crippen LogP contribution in [-0.4, -0.2) is 77.7 Å². The Balaban J connectivity index is -0.000000618. The number of unbranched alkanes of at least 4 members (excludes halogenated alkanes) is 13. The second-order valence-electron chi connectivity index (χ2n) is 12.2. The molecule has 0 amide bonds. The topological polar surface area (TPSA) is 70.0 Å². The number of fused-ring (bicyclic) bond motifs is 1. The molecule has 0 spiro atoms. The Hall–Kier alpha value is -0.757. The molecule has 1 radical (unpaired) electrons. The molecule has 2 aromatic rings. The molecule has 0 fully saturated rings. The third kappa shape index (κ3) is 27.2. The largest absolute Gasteiger partial charge is 1.00 e. The first-order chi connectivity index (χ1) is 21.2. The number of phenols is 1. The maximum absolute atomic E-state index is 9.31. The summed E-state index contributed by atoms with van der Waals surface area (Å²) >= 11 is 0. The minimum atomic E-state index is -2.80. The molecular weight excluding hydrogens is 663 g/mol. The van der Waals surface area contributed by atoms with Gasteiger partial charge in [-0.15, -0.1) is 0 Å². The van der Waals surface area contributed by atoms with Crippen molar-refractivity contribution >= 4 is 20.0 Å². The zero-order valence-corrected chi connectivity index (χ0v) is 33.4. The van der Waals surface area contributed by atoms with E-state index in [0.29, 0.717) is 31.9 Å². The molecule has 0 aliphatic carbocycles. The monoisotopic (exact) mass is 731 g/mol. The second-order valence-corrected chi connectivity index (χ2v) is 14.3. The average Bonchev–Trinajstić information content (AvgIpc) is 2.98. The number of quaternary nitrogens is 1. The van der Waals surface area contributed by atoms with Gasteiger partial charge in [-0.3, -0.25) is 4.98 Å². The minimum Gasteiger partial charge on any atom is -1.00 e. The van der Waals surface area contributed by atoms with E-state index in [9.17, 15) is 5.11 Å². The van der Waals surface area contributed by atoms with E-state index in [1.807, 2.05) is 45.9 Å². The maximum Gasteiger partial charge on any atom is 0.679 e. The molecule has 0 aliphatic heterocycles. The van der Waals surface area contributed by atoms with Crippen LogP contribution in [0.4, 0.5) is 0 Å². The van der Waals surface area contributed by atoms with Gasteiger partial charge in [0.1, 0.15) is 11.3 Å². The van der Waals surface area contributed by atoms with Crippen molar-refractivity contribution in [2.45, 2.75) is 125 Å². The van der Waals surface area contributed by atoms with Gasteiger partial charge < -0.3 is 39.7 Å². The van der Waals surface area contributed by atoms with E-state index in [1.165, 1.54) is 96.4 Å². The summed E-state index contributed by atoms with van der Waals surface area (Å²) in [7, 11) is 4.09. The number of aromatic hydroxyl groups is 1. The number of pyridine rings is 1. The molecule has 1 heterocycles. The van der Waals surface area contributed by atoms with Crippen LogP contribution in [0.3, 0.4) is 0 Å². The summed E-state index contributed by atoms with van der Waals surface area (Å²) in [5.74, 6) is 0.239. The van der Waals surface area contributed by atoms with Crippen molar-refractivity contribution in [1.82, 2.24) is 4.98 Å². The first-order valence-corrected chi connectivity index (χ1v) is 19.2. The SMILES string of the molecule is CCCCCCCCCCCCCCCC[N+](C)(C)C.CCO[Si](OCC)(OCC)OCC.Oc1cccc2cccnc12.[Cl-].[Co]. The van der Waals surface area contributed by atoms with Gasteiger partial charge in [-0.05, 0) is 52.7 Å². The average molecular weight is 732 g/mol. The molecular formula is C36H69ClCoN2O5Si. The third-order valence-corrected chi connectivity index (χ3v) is 9.65. The van der Waals surface area contributed by atoms with Gasteiger partial charge in [0.25, 0.3) is 0 Å². The van der Waals surface area contributed by atoms with Gasteiger partial charge in [0.2, 0.25) is 0 Å². The Bertz CT molecular complexity index is 889. The number of hydrogen-bond acceptors (Lipinski definition) is 6. The van der Waals surface area contributed by atoms with E-state index < -0.39 is 9.05 Å². The van der Waals surface area contributed by atoms with Crippen molar-refractivity contribution in [1.29, 1.82) is 0 Å². The molecule has 0 aliphatic rings. The van der Waals surface area contributed by atoms with Crippen molar-refractivity contribution < 1.29 is 56.5 Å². The van der Waals surface area contributed by atoms with E-state index in [-0.39, 0.29) is 34.9 Å².